The number of H-pyrrole nitrogens is 1. The number of nitrogens with zero attached hydrogens (tertiary/aromatic N) is 4. The van der Waals surface area contributed by atoms with E-state index >= 15 is 0 Å². The van der Waals surface area contributed by atoms with E-state index in [2.05, 4.69) is 46.2 Å². The monoisotopic (exact) mass is 290 g/mol. The Bertz CT molecular complexity index is 560. The Balaban J connectivity index is 2.38. The van der Waals surface area contributed by atoms with E-state index in [9.17, 15) is 0 Å². The molecule has 2 aromatic heterocycles. The van der Waals surface area contributed by atoms with Crippen LogP contribution < -0.4 is 10.2 Å². The summed E-state index contributed by atoms with van der Waals surface area (Å²) in [6.07, 6.45) is 4.19. The molecule has 2 heterocycles. The molecule has 0 radical (unpaired) electrons. The number of aromatic amines is 1. The Kier molecular flexibility index (Phi) is 5.36. The van der Waals surface area contributed by atoms with Gasteiger partial charge in [-0.05, 0) is 19.8 Å². The maximum atomic E-state index is 4.70. The van der Waals surface area contributed by atoms with Crippen molar-refractivity contribution in [3.05, 3.63) is 6.20 Å². The summed E-state index contributed by atoms with van der Waals surface area (Å²) < 4.78 is 0. The van der Waals surface area contributed by atoms with Crippen molar-refractivity contribution < 1.29 is 0 Å². The van der Waals surface area contributed by atoms with Crippen molar-refractivity contribution >= 4 is 22.8 Å². The van der Waals surface area contributed by atoms with Gasteiger partial charge >= 0.3 is 0 Å². The number of rotatable bonds is 8. The van der Waals surface area contributed by atoms with E-state index in [4.69, 9.17) is 4.98 Å². The molecule has 0 amide bonds. The van der Waals surface area contributed by atoms with Crippen LogP contribution in [0.4, 0.5) is 11.8 Å². The molecule has 21 heavy (non-hydrogen) atoms. The zero-order valence-corrected chi connectivity index (χ0v) is 13.5. The predicted molar refractivity (Wildman–Crippen MR) is 87.8 cm³/mol. The van der Waals surface area contributed by atoms with Gasteiger partial charge in [0.1, 0.15) is 5.82 Å². The van der Waals surface area contributed by atoms with E-state index in [1.54, 1.807) is 0 Å². The first-order valence-corrected chi connectivity index (χ1v) is 7.93. The van der Waals surface area contributed by atoms with Gasteiger partial charge in [0.15, 0.2) is 5.65 Å². The lowest BCUT2D eigenvalue weighted by atomic mass is 10.0. The molecule has 0 fully saturated rings. The molecule has 0 atom stereocenters. The molecule has 116 valence electrons. The zero-order valence-electron chi connectivity index (χ0n) is 13.5. The highest BCUT2D eigenvalue weighted by Gasteiger charge is 2.17. The summed E-state index contributed by atoms with van der Waals surface area (Å²) in [5.41, 5.74) is 0.791. The molecule has 2 N–H and O–H groups in total. The van der Waals surface area contributed by atoms with Crippen LogP contribution in [0.3, 0.4) is 0 Å². The van der Waals surface area contributed by atoms with Crippen LogP contribution in [0.1, 0.15) is 40.5 Å². The Morgan fingerprint density at radius 1 is 1.19 bits per heavy atom. The normalized spacial score (nSPS) is 11.3. The highest BCUT2D eigenvalue weighted by atomic mass is 15.3. The molecular formula is C15H26N6. The van der Waals surface area contributed by atoms with Crippen LogP contribution in [-0.4, -0.2) is 39.8 Å². The number of anilines is 2. The summed E-state index contributed by atoms with van der Waals surface area (Å²) in [6.45, 7) is 11.5. The van der Waals surface area contributed by atoms with Gasteiger partial charge in [0.05, 0.1) is 11.6 Å². The minimum atomic E-state index is 0.659. The van der Waals surface area contributed by atoms with Crippen LogP contribution in [0.5, 0.6) is 0 Å². The van der Waals surface area contributed by atoms with Gasteiger partial charge < -0.3 is 10.2 Å². The van der Waals surface area contributed by atoms with E-state index in [0.717, 1.165) is 36.5 Å². The van der Waals surface area contributed by atoms with Crippen molar-refractivity contribution in [2.45, 2.75) is 40.5 Å². The lowest BCUT2D eigenvalue weighted by Crippen LogP contribution is -2.30. The Hall–Kier alpha value is -1.85. The fourth-order valence-corrected chi connectivity index (χ4v) is 2.52. The minimum absolute atomic E-state index is 0.659. The summed E-state index contributed by atoms with van der Waals surface area (Å²) in [4.78, 5) is 11.5. The molecule has 2 rings (SSSR count). The Morgan fingerprint density at radius 3 is 2.57 bits per heavy atom. The molecule has 0 spiro atoms. The van der Waals surface area contributed by atoms with Gasteiger partial charge in [-0.3, -0.25) is 5.10 Å². The molecule has 6 heteroatoms. The van der Waals surface area contributed by atoms with Crippen molar-refractivity contribution in [3.8, 4) is 0 Å². The SMILES string of the molecule is CCNc1nc(N(CC)CC(CC)CC)c2cn[nH]c2n1. The lowest BCUT2D eigenvalue weighted by molar-refractivity contribution is 0.485. The summed E-state index contributed by atoms with van der Waals surface area (Å²) >= 11 is 0. The van der Waals surface area contributed by atoms with E-state index in [1.165, 1.54) is 12.8 Å². The third-order valence-electron chi connectivity index (χ3n) is 3.94. The fraction of sp³-hybridized carbons (Fsp3) is 0.667. The molecule has 0 aliphatic rings. The highest BCUT2D eigenvalue weighted by molar-refractivity contribution is 5.87. The van der Waals surface area contributed by atoms with Gasteiger partial charge in [-0.25, -0.2) is 0 Å². The summed E-state index contributed by atoms with van der Waals surface area (Å²) in [5.74, 6) is 2.32. The lowest BCUT2D eigenvalue weighted by Gasteiger charge is -2.27. The molecule has 0 unspecified atom stereocenters. The van der Waals surface area contributed by atoms with Crippen molar-refractivity contribution in [3.63, 3.8) is 0 Å². The molecule has 0 saturated heterocycles. The van der Waals surface area contributed by atoms with Crippen molar-refractivity contribution in [2.75, 3.05) is 29.9 Å². The van der Waals surface area contributed by atoms with Crippen molar-refractivity contribution in [1.29, 1.82) is 0 Å². The first-order valence-electron chi connectivity index (χ1n) is 7.93. The second-order valence-electron chi connectivity index (χ2n) is 5.25. The smallest absolute Gasteiger partial charge is 0.226 e. The molecular weight excluding hydrogens is 264 g/mol. The predicted octanol–water partition coefficient (Wildman–Crippen LogP) is 3.05. The topological polar surface area (TPSA) is 69.7 Å². The Morgan fingerprint density at radius 2 is 1.95 bits per heavy atom. The van der Waals surface area contributed by atoms with Crippen LogP contribution >= 0.6 is 0 Å². The molecule has 0 aliphatic heterocycles. The number of nitrogens with one attached hydrogen (secondary N) is 2. The number of hydrogen-bond donors (Lipinski definition) is 2. The third-order valence-corrected chi connectivity index (χ3v) is 3.94. The first kappa shape index (κ1) is 15.5. The second kappa shape index (κ2) is 7.24. The second-order valence-corrected chi connectivity index (χ2v) is 5.25. The van der Waals surface area contributed by atoms with E-state index < -0.39 is 0 Å². The number of aromatic nitrogens is 4. The maximum absolute atomic E-state index is 4.70. The van der Waals surface area contributed by atoms with E-state index in [-0.39, 0.29) is 0 Å². The Labute approximate surface area is 126 Å². The molecule has 0 aromatic carbocycles. The summed E-state index contributed by atoms with van der Waals surface area (Å²) in [5, 5.41) is 11.3. The maximum Gasteiger partial charge on any atom is 0.226 e. The number of hydrogen-bond acceptors (Lipinski definition) is 5. The quantitative estimate of drug-likeness (QED) is 0.782. The van der Waals surface area contributed by atoms with Crippen LogP contribution in [0.15, 0.2) is 6.20 Å². The van der Waals surface area contributed by atoms with Crippen LogP contribution in [0.2, 0.25) is 0 Å². The standard InChI is InChI=1S/C15H26N6/c1-5-11(6-2)10-21(8-4)14-12-9-17-20-13(12)18-15(19-14)16-7-3/h9,11H,5-8,10H2,1-4H3,(H2,16,17,18,19,20). The van der Waals surface area contributed by atoms with Crippen LogP contribution in [0.25, 0.3) is 11.0 Å². The van der Waals surface area contributed by atoms with Gasteiger partial charge in [-0.2, -0.15) is 15.1 Å². The van der Waals surface area contributed by atoms with Gasteiger partial charge in [-0.15, -0.1) is 0 Å². The molecule has 6 nitrogen and oxygen atoms in total. The molecule has 0 bridgehead atoms. The summed E-state index contributed by atoms with van der Waals surface area (Å²) in [6, 6.07) is 0. The third kappa shape index (κ3) is 3.43. The minimum Gasteiger partial charge on any atom is -0.356 e. The van der Waals surface area contributed by atoms with Crippen LogP contribution in [-0.2, 0) is 0 Å². The first-order chi connectivity index (χ1) is 10.2. The van der Waals surface area contributed by atoms with E-state index in [0.29, 0.717) is 11.9 Å². The zero-order chi connectivity index (χ0) is 15.2. The molecule has 0 saturated carbocycles. The number of fused-ring (bicyclic) bond motifs is 1. The fourth-order valence-electron chi connectivity index (χ4n) is 2.52. The van der Waals surface area contributed by atoms with Crippen LogP contribution in [0, 0.1) is 5.92 Å². The van der Waals surface area contributed by atoms with Gasteiger partial charge in [0.2, 0.25) is 5.95 Å². The van der Waals surface area contributed by atoms with Crippen molar-refractivity contribution in [1.82, 2.24) is 20.2 Å². The average molecular weight is 290 g/mol. The van der Waals surface area contributed by atoms with Gasteiger partial charge in [0, 0.05) is 19.6 Å². The average Bonchev–Trinajstić information content (AvgIpc) is 2.97. The van der Waals surface area contributed by atoms with E-state index in [1.807, 2.05) is 13.1 Å². The van der Waals surface area contributed by atoms with Gasteiger partial charge in [-0.1, -0.05) is 26.7 Å². The highest BCUT2D eigenvalue weighted by Crippen LogP contribution is 2.25. The van der Waals surface area contributed by atoms with Crippen molar-refractivity contribution in [2.24, 2.45) is 5.92 Å². The summed E-state index contributed by atoms with van der Waals surface area (Å²) in [7, 11) is 0. The molecule has 2 aromatic rings. The molecule has 0 aliphatic carbocycles. The largest absolute Gasteiger partial charge is 0.356 e. The van der Waals surface area contributed by atoms with Gasteiger partial charge in [0.25, 0.3) is 0 Å².